The van der Waals surface area contributed by atoms with E-state index in [-0.39, 0.29) is 12.3 Å². The van der Waals surface area contributed by atoms with E-state index >= 15 is 0 Å². The number of fused-ring (bicyclic) bond motifs is 1. The van der Waals surface area contributed by atoms with Crippen molar-refractivity contribution in [3.8, 4) is 0 Å². The van der Waals surface area contributed by atoms with Crippen molar-refractivity contribution in [3.05, 3.63) is 65.2 Å². The van der Waals surface area contributed by atoms with Crippen LogP contribution in [-0.4, -0.2) is 42.3 Å². The van der Waals surface area contributed by atoms with Crippen LogP contribution in [0.15, 0.2) is 53.7 Å². The largest absolute Gasteiger partial charge is 0.480 e. The Morgan fingerprint density at radius 1 is 1.11 bits per heavy atom. The summed E-state index contributed by atoms with van der Waals surface area (Å²) in [5, 5.41) is 12.9. The average molecular weight is 368 g/mol. The van der Waals surface area contributed by atoms with Crippen LogP contribution >= 0.6 is 0 Å². The first kappa shape index (κ1) is 18.1. The molecule has 1 heterocycles. The van der Waals surface area contributed by atoms with Gasteiger partial charge in [-0.25, -0.2) is 4.79 Å². The smallest absolute Gasteiger partial charge is 0.337 e. The molecule has 2 aromatic rings. The van der Waals surface area contributed by atoms with Crippen molar-refractivity contribution >= 4 is 29.2 Å². The summed E-state index contributed by atoms with van der Waals surface area (Å²) in [4.78, 5) is 41.4. The zero-order chi connectivity index (χ0) is 19.4. The minimum absolute atomic E-state index is 0.0537. The standard InChI is InChI=1S/C19H16N2O6/c1-26-19(25)13-8-6-12(7-9-13)11-27-20-17-14-4-2-3-5-15(14)21(18(17)24)10-16(22)23/h2-9H,10-11H2,1H3,(H,22,23). The van der Waals surface area contributed by atoms with E-state index in [2.05, 4.69) is 9.89 Å². The number of carbonyl (C=O) groups is 3. The molecule has 8 nitrogen and oxygen atoms in total. The predicted molar refractivity (Wildman–Crippen MR) is 95.5 cm³/mol. The number of anilines is 1. The Bertz CT molecular complexity index is 920. The van der Waals surface area contributed by atoms with Crippen molar-refractivity contribution in [3.63, 3.8) is 0 Å². The lowest BCUT2D eigenvalue weighted by Crippen LogP contribution is -2.34. The zero-order valence-electron chi connectivity index (χ0n) is 14.4. The molecular formula is C19H16N2O6. The molecule has 1 aliphatic heterocycles. The second-order valence-electron chi connectivity index (χ2n) is 5.70. The quantitative estimate of drug-likeness (QED) is 0.616. The fourth-order valence-electron chi connectivity index (χ4n) is 2.67. The third-order valence-corrected chi connectivity index (χ3v) is 3.95. The third kappa shape index (κ3) is 3.79. The highest BCUT2D eigenvalue weighted by Crippen LogP contribution is 2.29. The van der Waals surface area contributed by atoms with Crippen LogP contribution in [0.25, 0.3) is 0 Å². The van der Waals surface area contributed by atoms with Crippen LogP contribution in [0.3, 0.4) is 0 Å². The number of carboxylic acid groups (broad SMARTS) is 1. The maximum absolute atomic E-state index is 12.5. The van der Waals surface area contributed by atoms with Crippen molar-refractivity contribution in [1.29, 1.82) is 0 Å². The molecule has 0 aromatic heterocycles. The van der Waals surface area contributed by atoms with Crippen LogP contribution < -0.4 is 4.90 Å². The van der Waals surface area contributed by atoms with Gasteiger partial charge in [0.05, 0.1) is 18.4 Å². The van der Waals surface area contributed by atoms with Gasteiger partial charge in [-0.1, -0.05) is 35.5 Å². The third-order valence-electron chi connectivity index (χ3n) is 3.95. The normalized spacial score (nSPS) is 14.2. The van der Waals surface area contributed by atoms with Gasteiger partial charge in [-0.3, -0.25) is 14.5 Å². The van der Waals surface area contributed by atoms with Crippen molar-refractivity contribution in [2.24, 2.45) is 5.16 Å². The number of rotatable bonds is 6. The number of oxime groups is 1. The molecule has 0 fully saturated rings. The van der Waals surface area contributed by atoms with Gasteiger partial charge in [-0.05, 0) is 23.8 Å². The summed E-state index contributed by atoms with van der Waals surface area (Å²) in [7, 11) is 1.31. The van der Waals surface area contributed by atoms with Crippen molar-refractivity contribution in [1.82, 2.24) is 0 Å². The Morgan fingerprint density at radius 2 is 1.81 bits per heavy atom. The van der Waals surface area contributed by atoms with Crippen molar-refractivity contribution in [2.45, 2.75) is 6.61 Å². The van der Waals surface area contributed by atoms with E-state index in [1.165, 1.54) is 7.11 Å². The van der Waals surface area contributed by atoms with Crippen LogP contribution in [0.5, 0.6) is 0 Å². The first-order valence-electron chi connectivity index (χ1n) is 8.01. The van der Waals surface area contributed by atoms with E-state index in [4.69, 9.17) is 9.94 Å². The van der Waals surface area contributed by atoms with Crippen LogP contribution in [0, 0.1) is 0 Å². The van der Waals surface area contributed by atoms with Crippen LogP contribution in [0.4, 0.5) is 5.69 Å². The van der Waals surface area contributed by atoms with Crippen molar-refractivity contribution < 1.29 is 29.1 Å². The maximum atomic E-state index is 12.5. The van der Waals surface area contributed by atoms with Gasteiger partial charge in [0.15, 0.2) is 5.71 Å². The van der Waals surface area contributed by atoms with E-state index in [9.17, 15) is 14.4 Å². The van der Waals surface area contributed by atoms with Gasteiger partial charge in [0.25, 0.3) is 5.91 Å². The number of hydrogen-bond acceptors (Lipinski definition) is 6. The number of carboxylic acids is 1. The van der Waals surface area contributed by atoms with Gasteiger partial charge >= 0.3 is 11.9 Å². The molecule has 0 radical (unpaired) electrons. The molecule has 0 unspecified atom stereocenters. The highest BCUT2D eigenvalue weighted by atomic mass is 16.6. The number of benzene rings is 2. The molecule has 3 rings (SSSR count). The monoisotopic (exact) mass is 368 g/mol. The fourth-order valence-corrected chi connectivity index (χ4v) is 2.67. The molecule has 1 aliphatic rings. The number of amides is 1. The molecule has 8 heteroatoms. The number of nitrogens with zero attached hydrogens (tertiary/aromatic N) is 2. The Kier molecular flexibility index (Phi) is 5.16. The average Bonchev–Trinajstić information content (AvgIpc) is 2.93. The molecular weight excluding hydrogens is 352 g/mol. The summed E-state index contributed by atoms with van der Waals surface area (Å²) in [6, 6.07) is 13.4. The molecule has 0 saturated heterocycles. The minimum Gasteiger partial charge on any atom is -0.480 e. The number of hydrogen-bond donors (Lipinski definition) is 1. The fraction of sp³-hybridized carbons (Fsp3) is 0.158. The number of esters is 1. The number of para-hydroxylation sites is 1. The summed E-state index contributed by atoms with van der Waals surface area (Å²) in [6.07, 6.45) is 0. The molecule has 0 saturated carbocycles. The first-order chi connectivity index (χ1) is 13.0. The number of aliphatic carboxylic acids is 1. The lowest BCUT2D eigenvalue weighted by atomic mass is 10.1. The van der Waals surface area contributed by atoms with E-state index in [0.29, 0.717) is 16.8 Å². The van der Waals surface area contributed by atoms with Gasteiger partial charge in [-0.15, -0.1) is 0 Å². The first-order valence-corrected chi connectivity index (χ1v) is 8.01. The maximum Gasteiger partial charge on any atom is 0.337 e. The molecule has 138 valence electrons. The second-order valence-corrected chi connectivity index (χ2v) is 5.70. The SMILES string of the molecule is COC(=O)c1ccc(CON=C2C(=O)N(CC(=O)O)c3ccccc32)cc1. The number of methoxy groups -OCH3 is 1. The van der Waals surface area contributed by atoms with Crippen molar-refractivity contribution in [2.75, 3.05) is 18.6 Å². The molecule has 1 amide bonds. The molecule has 0 bridgehead atoms. The van der Waals surface area contributed by atoms with E-state index in [1.54, 1.807) is 48.5 Å². The van der Waals surface area contributed by atoms with Crippen LogP contribution in [0.1, 0.15) is 21.5 Å². The Balaban J connectivity index is 1.74. The van der Waals surface area contributed by atoms with Gasteiger partial charge in [0.1, 0.15) is 13.2 Å². The van der Waals surface area contributed by atoms with E-state index in [0.717, 1.165) is 10.5 Å². The molecule has 0 aliphatic carbocycles. The number of carbonyl (C=O) groups excluding carboxylic acids is 2. The summed E-state index contributed by atoms with van der Waals surface area (Å²) in [5.74, 6) is -2.08. The molecule has 0 spiro atoms. The minimum atomic E-state index is -1.12. The Morgan fingerprint density at radius 3 is 2.48 bits per heavy atom. The van der Waals surface area contributed by atoms with Gasteiger partial charge < -0.3 is 14.7 Å². The van der Waals surface area contributed by atoms with Crippen LogP contribution in [0.2, 0.25) is 0 Å². The molecule has 1 N–H and O–H groups in total. The Hall–Kier alpha value is -3.68. The van der Waals surface area contributed by atoms with Gasteiger partial charge in [0.2, 0.25) is 0 Å². The molecule has 2 aromatic carbocycles. The van der Waals surface area contributed by atoms with Gasteiger partial charge in [0, 0.05) is 5.56 Å². The van der Waals surface area contributed by atoms with E-state index < -0.39 is 24.4 Å². The lowest BCUT2D eigenvalue weighted by molar-refractivity contribution is -0.136. The summed E-state index contributed by atoms with van der Waals surface area (Å²) in [5.41, 5.74) is 2.21. The predicted octanol–water partition coefficient (Wildman–Crippen LogP) is 1.83. The molecule has 0 atom stereocenters. The Labute approximate surface area is 154 Å². The van der Waals surface area contributed by atoms with E-state index in [1.807, 2.05) is 0 Å². The summed E-state index contributed by atoms with van der Waals surface area (Å²) in [6.45, 7) is -0.372. The number of ether oxygens (including phenoxy) is 1. The lowest BCUT2D eigenvalue weighted by Gasteiger charge is -2.13. The summed E-state index contributed by atoms with van der Waals surface area (Å²) >= 11 is 0. The zero-order valence-corrected chi connectivity index (χ0v) is 14.4. The highest BCUT2D eigenvalue weighted by Gasteiger charge is 2.35. The second kappa shape index (κ2) is 7.69. The van der Waals surface area contributed by atoms with Gasteiger partial charge in [-0.2, -0.15) is 0 Å². The topological polar surface area (TPSA) is 106 Å². The summed E-state index contributed by atoms with van der Waals surface area (Å²) < 4.78 is 4.63. The highest BCUT2D eigenvalue weighted by molar-refractivity contribution is 6.54. The molecule has 27 heavy (non-hydrogen) atoms. The van der Waals surface area contributed by atoms with Crippen LogP contribution in [-0.2, 0) is 25.8 Å².